The van der Waals surface area contributed by atoms with E-state index in [0.29, 0.717) is 23.9 Å². The number of imidazole rings is 1. The molecule has 6 nitrogen and oxygen atoms in total. The zero-order chi connectivity index (χ0) is 22.2. The van der Waals surface area contributed by atoms with Gasteiger partial charge in [0.15, 0.2) is 0 Å². The number of fused-ring (bicyclic) bond motifs is 2. The summed E-state index contributed by atoms with van der Waals surface area (Å²) in [6.45, 7) is 4.62. The lowest BCUT2D eigenvalue weighted by Crippen LogP contribution is -2.25. The van der Waals surface area contributed by atoms with Gasteiger partial charge < -0.3 is 15.0 Å². The number of carbonyl (C=O) groups is 1. The zero-order valence-electron chi connectivity index (χ0n) is 18.2. The van der Waals surface area contributed by atoms with Crippen molar-refractivity contribution >= 4 is 39.6 Å². The number of hydrogen-bond donors (Lipinski definition) is 2. The highest BCUT2D eigenvalue weighted by Gasteiger charge is 2.25. The predicted molar refractivity (Wildman–Crippen MR) is 128 cm³/mol. The summed E-state index contributed by atoms with van der Waals surface area (Å²) < 4.78 is 2.00. The minimum absolute atomic E-state index is 0.0518. The lowest BCUT2D eigenvalue weighted by Gasteiger charge is -2.13. The summed E-state index contributed by atoms with van der Waals surface area (Å²) in [4.78, 5) is 22.0. The normalized spacial score (nSPS) is 14.7. The molecule has 1 aliphatic carbocycles. The van der Waals surface area contributed by atoms with Crippen LogP contribution in [-0.2, 0) is 6.54 Å². The van der Waals surface area contributed by atoms with Crippen LogP contribution in [0.3, 0.4) is 0 Å². The van der Waals surface area contributed by atoms with E-state index in [4.69, 9.17) is 4.98 Å². The van der Waals surface area contributed by atoms with Gasteiger partial charge in [0.05, 0.1) is 46.1 Å². The number of hydrogen-bond acceptors (Lipinski definition) is 5. The molecule has 1 unspecified atom stereocenters. The molecule has 0 spiro atoms. The number of para-hydroxylation sites is 1. The van der Waals surface area contributed by atoms with E-state index < -0.39 is 6.10 Å². The van der Waals surface area contributed by atoms with Crippen molar-refractivity contribution in [2.75, 3.05) is 5.75 Å². The molecule has 1 saturated carbocycles. The average Bonchev–Trinajstić information content (AvgIpc) is 3.53. The van der Waals surface area contributed by atoms with Gasteiger partial charge in [0.2, 0.25) is 0 Å². The van der Waals surface area contributed by atoms with Crippen LogP contribution in [-0.4, -0.2) is 43.4 Å². The van der Waals surface area contributed by atoms with Crippen LogP contribution in [0.4, 0.5) is 0 Å². The monoisotopic (exact) mass is 446 g/mol. The van der Waals surface area contributed by atoms with Gasteiger partial charge in [-0.25, -0.2) is 9.97 Å². The number of carbonyl (C=O) groups excluding carboxylic acids is 1. The van der Waals surface area contributed by atoms with E-state index in [-0.39, 0.29) is 5.91 Å². The third-order valence-corrected chi connectivity index (χ3v) is 6.97. The first-order chi connectivity index (χ1) is 15.5. The van der Waals surface area contributed by atoms with Crippen LogP contribution in [0.5, 0.6) is 0 Å². The minimum Gasteiger partial charge on any atom is -0.390 e. The molecule has 0 radical (unpaired) electrons. The highest BCUT2D eigenvalue weighted by molar-refractivity contribution is 7.99. The van der Waals surface area contributed by atoms with Crippen molar-refractivity contribution in [3.05, 3.63) is 65.5 Å². The van der Waals surface area contributed by atoms with E-state index in [9.17, 15) is 9.90 Å². The SMILES string of the molecule is Cc1cc2ncn(CC(O)CSc3cc(C(=O)NC4CC4)c4ccccc4n3)c2cc1C. The fourth-order valence-electron chi connectivity index (χ4n) is 3.82. The first-order valence-electron chi connectivity index (χ1n) is 10.9. The number of rotatable bonds is 7. The van der Waals surface area contributed by atoms with E-state index in [2.05, 4.69) is 36.3 Å². The van der Waals surface area contributed by atoms with Gasteiger partial charge in [-0.1, -0.05) is 18.2 Å². The Balaban J connectivity index is 1.32. The second-order valence-corrected chi connectivity index (χ2v) is 9.60. The molecule has 7 heteroatoms. The van der Waals surface area contributed by atoms with Gasteiger partial charge in [-0.05, 0) is 62.1 Å². The molecule has 1 amide bonds. The third-order valence-electron chi connectivity index (χ3n) is 5.92. The minimum atomic E-state index is -0.573. The van der Waals surface area contributed by atoms with Crippen LogP contribution in [0, 0.1) is 13.8 Å². The first kappa shape index (κ1) is 21.0. The number of aliphatic hydroxyl groups is 1. The number of aryl methyl sites for hydroxylation is 2. The number of nitrogens with zero attached hydrogens (tertiary/aromatic N) is 3. The smallest absolute Gasteiger partial charge is 0.252 e. The van der Waals surface area contributed by atoms with Crippen molar-refractivity contribution in [1.29, 1.82) is 0 Å². The summed E-state index contributed by atoms with van der Waals surface area (Å²) in [6.07, 6.45) is 3.30. The first-order valence-corrected chi connectivity index (χ1v) is 11.9. The molecule has 32 heavy (non-hydrogen) atoms. The molecule has 5 rings (SSSR count). The molecule has 2 N–H and O–H groups in total. The molecule has 0 aliphatic heterocycles. The van der Waals surface area contributed by atoms with Crippen LogP contribution < -0.4 is 5.32 Å². The second kappa shape index (κ2) is 8.56. The van der Waals surface area contributed by atoms with E-state index in [1.165, 1.54) is 22.9 Å². The van der Waals surface area contributed by atoms with Gasteiger partial charge in [0.1, 0.15) is 0 Å². The molecule has 2 aromatic carbocycles. The number of nitrogens with one attached hydrogen (secondary N) is 1. The van der Waals surface area contributed by atoms with Gasteiger partial charge in [-0.15, -0.1) is 11.8 Å². The van der Waals surface area contributed by atoms with Crippen LogP contribution in [0.2, 0.25) is 0 Å². The van der Waals surface area contributed by atoms with Crippen LogP contribution in [0.1, 0.15) is 34.3 Å². The fraction of sp³-hybridized carbons (Fsp3) is 0.320. The maximum Gasteiger partial charge on any atom is 0.252 e. The number of aromatic nitrogens is 3. The molecule has 1 fully saturated rings. The summed E-state index contributed by atoms with van der Waals surface area (Å²) in [7, 11) is 0. The Morgan fingerprint density at radius 3 is 2.78 bits per heavy atom. The lowest BCUT2D eigenvalue weighted by molar-refractivity contribution is 0.0952. The Kier molecular flexibility index (Phi) is 5.61. The molecular weight excluding hydrogens is 420 g/mol. The van der Waals surface area contributed by atoms with E-state index in [1.54, 1.807) is 6.33 Å². The van der Waals surface area contributed by atoms with Gasteiger partial charge in [0.25, 0.3) is 5.91 Å². The van der Waals surface area contributed by atoms with Crippen molar-refractivity contribution in [3.8, 4) is 0 Å². The summed E-state index contributed by atoms with van der Waals surface area (Å²) in [6, 6.07) is 14.0. The highest BCUT2D eigenvalue weighted by Crippen LogP contribution is 2.27. The van der Waals surface area contributed by atoms with Crippen molar-refractivity contribution < 1.29 is 9.90 Å². The van der Waals surface area contributed by atoms with E-state index >= 15 is 0 Å². The molecule has 1 aliphatic rings. The maximum absolute atomic E-state index is 12.8. The van der Waals surface area contributed by atoms with Gasteiger partial charge in [-0.3, -0.25) is 4.79 Å². The van der Waals surface area contributed by atoms with Crippen molar-refractivity contribution in [3.63, 3.8) is 0 Å². The second-order valence-electron chi connectivity index (χ2n) is 8.56. The summed E-state index contributed by atoms with van der Waals surface area (Å²) in [5, 5.41) is 15.4. The Labute approximate surface area is 191 Å². The van der Waals surface area contributed by atoms with Crippen molar-refractivity contribution in [2.24, 2.45) is 0 Å². The zero-order valence-corrected chi connectivity index (χ0v) is 19.0. The van der Waals surface area contributed by atoms with Gasteiger partial charge >= 0.3 is 0 Å². The molecule has 0 saturated heterocycles. The summed E-state index contributed by atoms with van der Waals surface area (Å²) in [5.41, 5.74) is 5.82. The molecule has 1 atom stereocenters. The van der Waals surface area contributed by atoms with E-state index in [1.807, 2.05) is 34.9 Å². The van der Waals surface area contributed by atoms with Gasteiger partial charge in [0, 0.05) is 17.2 Å². The molecule has 4 aromatic rings. The van der Waals surface area contributed by atoms with E-state index in [0.717, 1.165) is 39.8 Å². The number of benzene rings is 2. The summed E-state index contributed by atoms with van der Waals surface area (Å²) >= 11 is 1.47. The van der Waals surface area contributed by atoms with Crippen LogP contribution in [0.15, 0.2) is 53.8 Å². The van der Waals surface area contributed by atoms with Crippen LogP contribution in [0.25, 0.3) is 21.9 Å². The van der Waals surface area contributed by atoms with Crippen molar-refractivity contribution in [1.82, 2.24) is 19.9 Å². The Morgan fingerprint density at radius 2 is 1.97 bits per heavy atom. The average molecular weight is 447 g/mol. The number of thioether (sulfide) groups is 1. The molecule has 2 aromatic heterocycles. The predicted octanol–water partition coefficient (Wildman–Crippen LogP) is 4.25. The largest absolute Gasteiger partial charge is 0.390 e. The molecule has 0 bridgehead atoms. The van der Waals surface area contributed by atoms with Gasteiger partial charge in [-0.2, -0.15) is 0 Å². The van der Waals surface area contributed by atoms with Crippen molar-refractivity contribution in [2.45, 2.75) is 50.4 Å². The third kappa shape index (κ3) is 4.36. The molecule has 164 valence electrons. The lowest BCUT2D eigenvalue weighted by atomic mass is 10.1. The van der Waals surface area contributed by atoms with Crippen LogP contribution >= 0.6 is 11.8 Å². The topological polar surface area (TPSA) is 80.0 Å². The fourth-order valence-corrected chi connectivity index (χ4v) is 4.66. The Hall–Kier alpha value is -2.90. The maximum atomic E-state index is 12.8. The molecule has 2 heterocycles. The quantitative estimate of drug-likeness (QED) is 0.415. The Morgan fingerprint density at radius 1 is 1.19 bits per heavy atom. The highest BCUT2D eigenvalue weighted by atomic mass is 32.2. The molecular formula is C25H26N4O2S. The standard InChI is InChI=1S/C25H26N4O2S/c1-15-9-22-23(10-16(15)2)29(14-26-22)12-18(30)13-32-24-11-20(25(31)27-17-7-8-17)19-5-3-4-6-21(19)28-24/h3-6,9-11,14,17-18,30H,7-8,12-13H2,1-2H3,(H,27,31). The number of pyridine rings is 1. The number of aliphatic hydroxyl groups excluding tert-OH is 1. The Bertz CT molecular complexity index is 1310. The number of amides is 1. The summed E-state index contributed by atoms with van der Waals surface area (Å²) in [5.74, 6) is 0.420.